The molecular weight excluding hydrogens is 250 g/mol. The average Bonchev–Trinajstić information content (AvgIpc) is 2.94. The predicted molar refractivity (Wildman–Crippen MR) is 82.4 cm³/mol. The molecule has 20 heavy (non-hydrogen) atoms. The summed E-state index contributed by atoms with van der Waals surface area (Å²) in [6, 6.07) is 6.05. The molecule has 3 nitrogen and oxygen atoms in total. The minimum atomic E-state index is 0.461. The molecule has 0 spiro atoms. The smallest absolute Gasteiger partial charge is 0.122 e. The van der Waals surface area contributed by atoms with Crippen LogP contribution in [-0.4, -0.2) is 20.8 Å². The molecule has 0 radical (unpaired) electrons. The van der Waals surface area contributed by atoms with Crippen LogP contribution in [0.1, 0.15) is 44.1 Å². The molecule has 1 aliphatic carbocycles. The van der Waals surface area contributed by atoms with E-state index < -0.39 is 0 Å². The molecule has 1 aromatic rings. The lowest BCUT2D eigenvalue weighted by Crippen LogP contribution is -2.21. The molecule has 1 aliphatic rings. The molecule has 2 rings (SSSR count). The summed E-state index contributed by atoms with van der Waals surface area (Å²) in [6.45, 7) is 0.801. The summed E-state index contributed by atoms with van der Waals surface area (Å²) in [6.07, 6.45) is 8.77. The Morgan fingerprint density at radius 3 is 2.45 bits per heavy atom. The van der Waals surface area contributed by atoms with Gasteiger partial charge in [-0.3, -0.25) is 0 Å². The molecule has 0 heterocycles. The lowest BCUT2D eigenvalue weighted by molar-refractivity contribution is 0.252. The van der Waals surface area contributed by atoms with Gasteiger partial charge in [0, 0.05) is 0 Å². The Morgan fingerprint density at radius 1 is 1.10 bits per heavy atom. The molecule has 1 aromatic carbocycles. The van der Waals surface area contributed by atoms with E-state index in [2.05, 4.69) is 6.07 Å². The van der Waals surface area contributed by atoms with Gasteiger partial charge >= 0.3 is 0 Å². The molecule has 1 saturated carbocycles. The minimum absolute atomic E-state index is 0.461. The zero-order valence-electron chi connectivity index (χ0n) is 12.8. The van der Waals surface area contributed by atoms with Gasteiger partial charge in [0.1, 0.15) is 11.5 Å². The fraction of sp³-hybridized carbons (Fsp3) is 0.647. The topological polar surface area (TPSA) is 44.5 Å². The van der Waals surface area contributed by atoms with E-state index in [0.717, 1.165) is 30.9 Å². The first-order chi connectivity index (χ1) is 9.73. The number of hydrogen-bond acceptors (Lipinski definition) is 3. The molecule has 0 atom stereocenters. The van der Waals surface area contributed by atoms with Crippen molar-refractivity contribution in [2.45, 2.75) is 44.9 Å². The van der Waals surface area contributed by atoms with E-state index in [4.69, 9.17) is 15.2 Å². The third kappa shape index (κ3) is 3.45. The van der Waals surface area contributed by atoms with Crippen molar-refractivity contribution in [2.75, 3.05) is 20.8 Å². The quantitative estimate of drug-likeness (QED) is 0.829. The third-order valence-corrected chi connectivity index (χ3v) is 4.75. The van der Waals surface area contributed by atoms with E-state index in [9.17, 15) is 0 Å². The molecule has 0 aromatic heterocycles. The third-order valence-electron chi connectivity index (χ3n) is 4.75. The largest absolute Gasteiger partial charge is 0.497 e. The van der Waals surface area contributed by atoms with Crippen LogP contribution in [-0.2, 0) is 6.42 Å². The lowest BCUT2D eigenvalue weighted by Gasteiger charge is -2.29. The zero-order valence-corrected chi connectivity index (χ0v) is 12.8. The number of methoxy groups -OCH3 is 2. The van der Waals surface area contributed by atoms with E-state index in [1.165, 1.54) is 37.7 Å². The molecular formula is C17H27NO2. The van der Waals surface area contributed by atoms with E-state index in [1.807, 2.05) is 12.1 Å². The Bertz CT molecular complexity index is 425. The van der Waals surface area contributed by atoms with Gasteiger partial charge in [0.25, 0.3) is 0 Å². The highest BCUT2D eigenvalue weighted by Gasteiger charge is 2.32. The molecule has 3 heteroatoms. The van der Waals surface area contributed by atoms with Crippen LogP contribution in [0.5, 0.6) is 11.5 Å². The van der Waals surface area contributed by atoms with Gasteiger partial charge in [-0.15, -0.1) is 0 Å². The van der Waals surface area contributed by atoms with Gasteiger partial charge in [0.2, 0.25) is 0 Å². The molecule has 0 aliphatic heterocycles. The van der Waals surface area contributed by atoms with Crippen molar-refractivity contribution >= 4 is 0 Å². The first-order valence-corrected chi connectivity index (χ1v) is 7.64. The Labute approximate surface area is 122 Å². The van der Waals surface area contributed by atoms with E-state index in [0.29, 0.717) is 5.41 Å². The molecule has 0 unspecified atom stereocenters. The van der Waals surface area contributed by atoms with Gasteiger partial charge in [-0.05, 0) is 67.8 Å². The SMILES string of the molecule is COc1ccc(OC)c(CCC2(CCN)CCCC2)c1. The maximum atomic E-state index is 5.82. The Morgan fingerprint density at radius 2 is 1.85 bits per heavy atom. The Balaban J connectivity index is 2.08. The van der Waals surface area contributed by atoms with Crippen LogP contribution >= 0.6 is 0 Å². The number of benzene rings is 1. The second-order valence-corrected chi connectivity index (χ2v) is 5.92. The zero-order chi connectivity index (χ0) is 14.4. The fourth-order valence-electron chi connectivity index (χ4n) is 3.53. The number of hydrogen-bond donors (Lipinski definition) is 1. The highest BCUT2D eigenvalue weighted by Crippen LogP contribution is 2.45. The van der Waals surface area contributed by atoms with Gasteiger partial charge in [-0.1, -0.05) is 12.8 Å². The molecule has 0 amide bonds. The highest BCUT2D eigenvalue weighted by molar-refractivity contribution is 5.40. The molecule has 2 N–H and O–H groups in total. The second kappa shape index (κ2) is 6.98. The molecule has 0 saturated heterocycles. The lowest BCUT2D eigenvalue weighted by atomic mass is 9.77. The van der Waals surface area contributed by atoms with Gasteiger partial charge < -0.3 is 15.2 Å². The van der Waals surface area contributed by atoms with Crippen molar-refractivity contribution in [1.82, 2.24) is 0 Å². The summed E-state index contributed by atoms with van der Waals surface area (Å²) in [4.78, 5) is 0. The summed E-state index contributed by atoms with van der Waals surface area (Å²) >= 11 is 0. The summed E-state index contributed by atoms with van der Waals surface area (Å²) in [5.41, 5.74) is 7.53. The van der Waals surface area contributed by atoms with E-state index in [-0.39, 0.29) is 0 Å². The van der Waals surface area contributed by atoms with Crippen molar-refractivity contribution in [1.29, 1.82) is 0 Å². The van der Waals surface area contributed by atoms with Crippen LogP contribution in [0.2, 0.25) is 0 Å². The Hall–Kier alpha value is -1.22. The Kier molecular flexibility index (Phi) is 5.30. The van der Waals surface area contributed by atoms with Crippen LogP contribution in [0, 0.1) is 5.41 Å². The first kappa shape index (κ1) is 15.2. The normalized spacial score (nSPS) is 17.1. The van der Waals surface area contributed by atoms with Crippen LogP contribution in [0.25, 0.3) is 0 Å². The van der Waals surface area contributed by atoms with Crippen molar-refractivity contribution in [3.05, 3.63) is 23.8 Å². The van der Waals surface area contributed by atoms with E-state index in [1.54, 1.807) is 14.2 Å². The maximum absolute atomic E-state index is 5.82. The summed E-state index contributed by atoms with van der Waals surface area (Å²) in [5.74, 6) is 1.87. The van der Waals surface area contributed by atoms with Crippen molar-refractivity contribution in [2.24, 2.45) is 11.1 Å². The predicted octanol–water partition coefficient (Wildman–Crippen LogP) is 3.55. The van der Waals surface area contributed by atoms with Crippen LogP contribution < -0.4 is 15.2 Å². The number of aryl methyl sites for hydroxylation is 1. The number of ether oxygens (including phenoxy) is 2. The minimum Gasteiger partial charge on any atom is -0.497 e. The maximum Gasteiger partial charge on any atom is 0.122 e. The van der Waals surface area contributed by atoms with Gasteiger partial charge in [0.15, 0.2) is 0 Å². The first-order valence-electron chi connectivity index (χ1n) is 7.64. The van der Waals surface area contributed by atoms with Gasteiger partial charge in [-0.2, -0.15) is 0 Å². The van der Waals surface area contributed by atoms with Crippen molar-refractivity contribution < 1.29 is 9.47 Å². The fourth-order valence-corrected chi connectivity index (χ4v) is 3.53. The highest BCUT2D eigenvalue weighted by atomic mass is 16.5. The van der Waals surface area contributed by atoms with Crippen LogP contribution in [0.4, 0.5) is 0 Å². The van der Waals surface area contributed by atoms with E-state index >= 15 is 0 Å². The monoisotopic (exact) mass is 277 g/mol. The van der Waals surface area contributed by atoms with Crippen LogP contribution in [0.3, 0.4) is 0 Å². The van der Waals surface area contributed by atoms with Gasteiger partial charge in [-0.25, -0.2) is 0 Å². The molecule has 1 fully saturated rings. The summed E-state index contributed by atoms with van der Waals surface area (Å²) in [5, 5.41) is 0. The molecule has 0 bridgehead atoms. The standard InChI is InChI=1S/C17H27NO2/c1-19-15-5-6-16(20-2)14(13-15)7-10-17(11-12-18)8-3-4-9-17/h5-6,13H,3-4,7-12,18H2,1-2H3. The summed E-state index contributed by atoms with van der Waals surface area (Å²) in [7, 11) is 3.44. The van der Waals surface area contributed by atoms with Crippen molar-refractivity contribution in [3.8, 4) is 11.5 Å². The number of nitrogens with two attached hydrogens (primary N) is 1. The molecule has 112 valence electrons. The van der Waals surface area contributed by atoms with Gasteiger partial charge in [0.05, 0.1) is 14.2 Å². The second-order valence-electron chi connectivity index (χ2n) is 5.92. The van der Waals surface area contributed by atoms with Crippen LogP contribution in [0.15, 0.2) is 18.2 Å². The van der Waals surface area contributed by atoms with Crippen molar-refractivity contribution in [3.63, 3.8) is 0 Å². The summed E-state index contributed by atoms with van der Waals surface area (Å²) < 4.78 is 10.8. The average molecular weight is 277 g/mol. The number of rotatable bonds is 7.